The van der Waals surface area contributed by atoms with Crippen molar-refractivity contribution in [1.82, 2.24) is 15.3 Å². The van der Waals surface area contributed by atoms with Gasteiger partial charge in [-0.15, -0.1) is 0 Å². The quantitative estimate of drug-likeness (QED) is 0.456. The van der Waals surface area contributed by atoms with Crippen LogP contribution in [-0.2, 0) is 0 Å². The van der Waals surface area contributed by atoms with Crippen molar-refractivity contribution in [2.75, 3.05) is 19.0 Å². The molecule has 0 saturated heterocycles. The minimum atomic E-state index is -0.289. The molecule has 4 aromatic rings. The number of hydrogen-bond donors (Lipinski definition) is 3. The number of aromatic nitrogens is 2. The third kappa shape index (κ3) is 4.06. The number of pyridine rings is 1. The number of urea groups is 1. The van der Waals surface area contributed by atoms with E-state index in [1.165, 1.54) is 0 Å². The molecule has 0 spiro atoms. The monoisotopic (exact) mass is 386 g/mol. The summed E-state index contributed by atoms with van der Waals surface area (Å²) in [5.41, 5.74) is 3.84. The number of aromatic amines is 1. The van der Waals surface area contributed by atoms with Crippen molar-refractivity contribution in [2.24, 2.45) is 0 Å². The fourth-order valence-corrected chi connectivity index (χ4v) is 3.48. The highest BCUT2D eigenvalue weighted by molar-refractivity contribution is 5.91. The average molecular weight is 386 g/mol. The first-order valence-corrected chi connectivity index (χ1v) is 9.40. The van der Waals surface area contributed by atoms with Crippen LogP contribution in [0.2, 0.25) is 0 Å². The van der Waals surface area contributed by atoms with E-state index in [9.17, 15) is 4.79 Å². The summed E-state index contributed by atoms with van der Waals surface area (Å²) >= 11 is 0. The van der Waals surface area contributed by atoms with E-state index in [0.29, 0.717) is 18.0 Å². The largest absolute Gasteiger partial charge is 0.495 e. The standard InChI is InChI=1S/C23H22N4O2/c1-29-22-11-5-4-10-21(22)27-23(28)26-14-18(16-7-6-12-24-13-16)19-15-25-20-9-3-2-8-17(19)20/h2-13,15,18,25H,14H2,1H3,(H2,26,27,28)/t18-/m1/s1. The Bertz CT molecular complexity index is 1110. The molecule has 0 aliphatic heterocycles. The Morgan fingerprint density at radius 1 is 1.10 bits per heavy atom. The Kier molecular flexibility index (Phi) is 5.42. The molecule has 3 N–H and O–H groups in total. The number of nitrogens with zero attached hydrogens (tertiary/aromatic N) is 1. The van der Waals surface area contributed by atoms with Crippen LogP contribution in [0.25, 0.3) is 10.9 Å². The number of carbonyl (C=O) groups is 1. The van der Waals surface area contributed by atoms with Gasteiger partial charge in [-0.25, -0.2) is 4.79 Å². The lowest BCUT2D eigenvalue weighted by molar-refractivity contribution is 0.251. The minimum absolute atomic E-state index is 0.0386. The van der Waals surface area contributed by atoms with Crippen LogP contribution < -0.4 is 15.4 Å². The molecule has 29 heavy (non-hydrogen) atoms. The highest BCUT2D eigenvalue weighted by Gasteiger charge is 2.19. The zero-order valence-electron chi connectivity index (χ0n) is 16.1. The Morgan fingerprint density at radius 2 is 1.93 bits per heavy atom. The Balaban J connectivity index is 1.56. The number of anilines is 1. The number of carbonyl (C=O) groups excluding carboxylic acids is 1. The summed E-state index contributed by atoms with van der Waals surface area (Å²) in [5.74, 6) is 0.575. The van der Waals surface area contributed by atoms with E-state index < -0.39 is 0 Å². The summed E-state index contributed by atoms with van der Waals surface area (Å²) in [6.45, 7) is 0.425. The Labute approximate surface area is 168 Å². The Morgan fingerprint density at radius 3 is 2.76 bits per heavy atom. The van der Waals surface area contributed by atoms with E-state index in [-0.39, 0.29) is 11.9 Å². The molecule has 0 saturated carbocycles. The zero-order chi connectivity index (χ0) is 20.1. The molecule has 2 heterocycles. The van der Waals surface area contributed by atoms with Crippen LogP contribution in [-0.4, -0.2) is 29.7 Å². The maximum Gasteiger partial charge on any atom is 0.319 e. The second-order valence-corrected chi connectivity index (χ2v) is 6.66. The molecule has 4 rings (SSSR count). The lowest BCUT2D eigenvalue weighted by Gasteiger charge is -2.18. The summed E-state index contributed by atoms with van der Waals surface area (Å²) in [7, 11) is 1.58. The van der Waals surface area contributed by atoms with Gasteiger partial charge in [0.25, 0.3) is 0 Å². The highest BCUT2D eigenvalue weighted by atomic mass is 16.5. The van der Waals surface area contributed by atoms with Crippen molar-refractivity contribution in [3.05, 3.63) is 90.4 Å². The van der Waals surface area contributed by atoms with E-state index in [4.69, 9.17) is 4.74 Å². The molecule has 146 valence electrons. The summed E-state index contributed by atoms with van der Waals surface area (Å²) in [6.07, 6.45) is 5.59. The molecule has 2 aromatic carbocycles. The maximum atomic E-state index is 12.5. The first-order valence-electron chi connectivity index (χ1n) is 9.40. The third-order valence-corrected chi connectivity index (χ3v) is 4.91. The van der Waals surface area contributed by atoms with Gasteiger partial charge in [-0.3, -0.25) is 4.98 Å². The molecule has 0 radical (unpaired) electrons. The molecule has 6 heteroatoms. The molecule has 6 nitrogen and oxygen atoms in total. The SMILES string of the molecule is COc1ccccc1NC(=O)NC[C@H](c1cccnc1)c1c[nH]c2ccccc12. The highest BCUT2D eigenvalue weighted by Crippen LogP contribution is 2.30. The van der Waals surface area contributed by atoms with Crippen molar-refractivity contribution >= 4 is 22.6 Å². The number of benzene rings is 2. The van der Waals surface area contributed by atoms with Crippen LogP contribution in [0.1, 0.15) is 17.0 Å². The van der Waals surface area contributed by atoms with Crippen molar-refractivity contribution in [2.45, 2.75) is 5.92 Å². The van der Waals surface area contributed by atoms with Crippen LogP contribution in [0.4, 0.5) is 10.5 Å². The smallest absolute Gasteiger partial charge is 0.319 e. The lowest BCUT2D eigenvalue weighted by Crippen LogP contribution is -2.32. The molecule has 0 bridgehead atoms. The topological polar surface area (TPSA) is 79.0 Å². The normalized spacial score (nSPS) is 11.8. The van der Waals surface area contributed by atoms with E-state index in [2.05, 4.69) is 26.7 Å². The number of nitrogens with one attached hydrogen (secondary N) is 3. The molecule has 2 amide bonds. The zero-order valence-corrected chi connectivity index (χ0v) is 16.1. The van der Waals surface area contributed by atoms with E-state index >= 15 is 0 Å². The number of methoxy groups -OCH3 is 1. The van der Waals surface area contributed by atoms with Crippen LogP contribution >= 0.6 is 0 Å². The summed E-state index contributed by atoms with van der Waals surface area (Å²) in [5, 5.41) is 6.97. The number of para-hydroxylation sites is 3. The second-order valence-electron chi connectivity index (χ2n) is 6.66. The minimum Gasteiger partial charge on any atom is -0.495 e. The summed E-state index contributed by atoms with van der Waals surface area (Å²) < 4.78 is 5.29. The van der Waals surface area contributed by atoms with Crippen LogP contribution in [0.3, 0.4) is 0 Å². The van der Waals surface area contributed by atoms with Gasteiger partial charge in [0, 0.05) is 42.0 Å². The number of ether oxygens (including phenoxy) is 1. The first-order chi connectivity index (χ1) is 14.3. The Hall–Kier alpha value is -3.80. The molecule has 0 aliphatic carbocycles. The third-order valence-electron chi connectivity index (χ3n) is 4.91. The molecule has 0 fully saturated rings. The van der Waals surface area contributed by atoms with E-state index in [1.807, 2.05) is 54.9 Å². The van der Waals surface area contributed by atoms with Gasteiger partial charge in [0.05, 0.1) is 12.8 Å². The van der Waals surface area contributed by atoms with Gasteiger partial charge in [0.2, 0.25) is 0 Å². The number of hydrogen-bond acceptors (Lipinski definition) is 3. The number of rotatable bonds is 6. The van der Waals surface area contributed by atoms with Crippen molar-refractivity contribution in [1.29, 1.82) is 0 Å². The van der Waals surface area contributed by atoms with Gasteiger partial charge < -0.3 is 20.4 Å². The lowest BCUT2D eigenvalue weighted by atomic mass is 9.92. The molecular formula is C23H22N4O2. The molecular weight excluding hydrogens is 364 g/mol. The van der Waals surface area contributed by atoms with E-state index in [0.717, 1.165) is 22.0 Å². The molecule has 0 unspecified atom stereocenters. The van der Waals surface area contributed by atoms with Crippen LogP contribution in [0, 0.1) is 0 Å². The number of H-pyrrole nitrogens is 1. The average Bonchev–Trinajstić information content (AvgIpc) is 3.19. The molecule has 1 atom stereocenters. The van der Waals surface area contributed by atoms with Gasteiger partial charge in [-0.1, -0.05) is 36.4 Å². The molecule has 0 aliphatic rings. The fraction of sp³-hybridized carbons (Fsp3) is 0.130. The van der Waals surface area contributed by atoms with Gasteiger partial charge in [0.1, 0.15) is 5.75 Å². The summed E-state index contributed by atoms with van der Waals surface area (Å²) in [6, 6.07) is 19.1. The predicted octanol–water partition coefficient (Wildman–Crippen LogP) is 4.53. The van der Waals surface area contributed by atoms with Gasteiger partial charge in [-0.05, 0) is 35.4 Å². The second kappa shape index (κ2) is 8.48. The number of amides is 2. The van der Waals surface area contributed by atoms with Crippen molar-refractivity contribution in [3.8, 4) is 5.75 Å². The molecule has 2 aromatic heterocycles. The van der Waals surface area contributed by atoms with Crippen molar-refractivity contribution in [3.63, 3.8) is 0 Å². The van der Waals surface area contributed by atoms with Gasteiger partial charge in [-0.2, -0.15) is 0 Å². The summed E-state index contributed by atoms with van der Waals surface area (Å²) in [4.78, 5) is 20.1. The van der Waals surface area contributed by atoms with Crippen LogP contribution in [0.5, 0.6) is 5.75 Å². The number of fused-ring (bicyclic) bond motifs is 1. The van der Waals surface area contributed by atoms with Gasteiger partial charge in [0.15, 0.2) is 0 Å². The van der Waals surface area contributed by atoms with E-state index in [1.54, 1.807) is 25.4 Å². The fourth-order valence-electron chi connectivity index (χ4n) is 3.48. The predicted molar refractivity (Wildman–Crippen MR) is 114 cm³/mol. The van der Waals surface area contributed by atoms with Crippen molar-refractivity contribution < 1.29 is 9.53 Å². The first kappa shape index (κ1) is 18.6. The maximum absolute atomic E-state index is 12.5. The van der Waals surface area contributed by atoms with Gasteiger partial charge >= 0.3 is 6.03 Å². The van der Waals surface area contributed by atoms with Crippen LogP contribution in [0.15, 0.2) is 79.3 Å².